The van der Waals surface area contributed by atoms with Crippen molar-refractivity contribution in [2.75, 3.05) is 31.4 Å². The average molecular weight is 490 g/mol. The fraction of sp³-hybridized carbons (Fsp3) is 0.192. The van der Waals surface area contributed by atoms with Crippen LogP contribution in [0, 0.1) is 0 Å². The Kier molecular flexibility index (Phi) is 6.58. The van der Waals surface area contributed by atoms with E-state index in [9.17, 15) is 9.59 Å². The molecule has 5 rings (SSSR count). The fourth-order valence-corrected chi connectivity index (χ4v) is 4.57. The van der Waals surface area contributed by atoms with Gasteiger partial charge in [-0.25, -0.2) is 4.98 Å². The first-order valence-electron chi connectivity index (χ1n) is 11.1. The Labute approximate surface area is 205 Å². The lowest BCUT2D eigenvalue weighted by atomic mass is 10.2. The van der Waals surface area contributed by atoms with Gasteiger partial charge in [0.1, 0.15) is 5.75 Å². The summed E-state index contributed by atoms with van der Waals surface area (Å²) in [4.78, 5) is 30.9. The molecule has 2 heterocycles. The van der Waals surface area contributed by atoms with E-state index in [0.717, 1.165) is 6.42 Å². The van der Waals surface area contributed by atoms with E-state index < -0.39 is 0 Å². The highest BCUT2D eigenvalue weighted by Gasteiger charge is 2.16. The second-order valence-corrected chi connectivity index (χ2v) is 8.74. The van der Waals surface area contributed by atoms with Gasteiger partial charge in [-0.05, 0) is 36.4 Å². The molecule has 35 heavy (non-hydrogen) atoms. The number of aromatic nitrogens is 2. The Morgan fingerprint density at radius 2 is 1.89 bits per heavy atom. The zero-order valence-electron chi connectivity index (χ0n) is 19.0. The lowest BCUT2D eigenvalue weighted by Crippen LogP contribution is -2.23. The van der Waals surface area contributed by atoms with Gasteiger partial charge >= 0.3 is 0 Å². The van der Waals surface area contributed by atoms with Crippen LogP contribution in [0.4, 0.5) is 5.69 Å². The normalized spacial score (nSPS) is 12.7. The van der Waals surface area contributed by atoms with Crippen LogP contribution in [0.3, 0.4) is 0 Å². The molecular formula is C26H23N3O5S. The molecule has 178 valence electrons. The molecule has 1 amide bonds. The van der Waals surface area contributed by atoms with Crippen LogP contribution in [-0.2, 0) is 4.79 Å². The molecule has 0 atom stereocenters. The van der Waals surface area contributed by atoms with Crippen molar-refractivity contribution in [3.05, 3.63) is 77.1 Å². The predicted octanol–water partition coefficient (Wildman–Crippen LogP) is 4.29. The molecule has 4 aromatic rings. The molecule has 0 spiro atoms. The van der Waals surface area contributed by atoms with Crippen LogP contribution in [0.1, 0.15) is 6.42 Å². The highest BCUT2D eigenvalue weighted by Crippen LogP contribution is 2.32. The molecule has 0 fully saturated rings. The number of hydrogen-bond acceptors (Lipinski definition) is 7. The van der Waals surface area contributed by atoms with E-state index >= 15 is 0 Å². The maximum atomic E-state index is 13.4. The molecule has 3 aromatic carbocycles. The SMILES string of the molecule is COc1cccc(-n2c(SCC(=O)Nc3ccc4c(c3)OCCCO4)nc3ccccc3c2=O)c1. The first-order valence-corrected chi connectivity index (χ1v) is 12.1. The Morgan fingerprint density at radius 3 is 2.74 bits per heavy atom. The summed E-state index contributed by atoms with van der Waals surface area (Å²) in [6, 6.07) is 19.7. The first kappa shape index (κ1) is 22.8. The molecule has 0 aliphatic carbocycles. The van der Waals surface area contributed by atoms with Gasteiger partial charge in [0.05, 0.1) is 42.7 Å². The van der Waals surface area contributed by atoms with Crippen LogP contribution in [0.5, 0.6) is 17.2 Å². The number of carbonyl (C=O) groups excluding carboxylic acids is 1. The average Bonchev–Trinajstić information content (AvgIpc) is 3.13. The number of anilines is 1. The number of nitrogens with zero attached hydrogens (tertiary/aromatic N) is 2. The number of carbonyl (C=O) groups is 1. The van der Waals surface area contributed by atoms with E-state index in [4.69, 9.17) is 14.2 Å². The summed E-state index contributed by atoms with van der Waals surface area (Å²) in [7, 11) is 1.57. The number of methoxy groups -OCH3 is 1. The highest BCUT2D eigenvalue weighted by molar-refractivity contribution is 7.99. The van der Waals surface area contributed by atoms with Gasteiger partial charge in [-0.2, -0.15) is 0 Å². The van der Waals surface area contributed by atoms with Gasteiger partial charge in [0.15, 0.2) is 16.7 Å². The van der Waals surface area contributed by atoms with Crippen LogP contribution in [0.2, 0.25) is 0 Å². The summed E-state index contributed by atoms with van der Waals surface area (Å²) in [6.07, 6.45) is 0.806. The molecule has 8 nitrogen and oxygen atoms in total. The van der Waals surface area contributed by atoms with Crippen molar-refractivity contribution >= 4 is 34.3 Å². The van der Waals surface area contributed by atoms with Crippen molar-refractivity contribution in [3.8, 4) is 22.9 Å². The second-order valence-electron chi connectivity index (χ2n) is 7.80. The van der Waals surface area contributed by atoms with E-state index in [1.807, 2.05) is 12.1 Å². The van der Waals surface area contributed by atoms with Crippen LogP contribution in [-0.4, -0.2) is 41.5 Å². The van der Waals surface area contributed by atoms with Crippen LogP contribution in [0.15, 0.2) is 76.7 Å². The van der Waals surface area contributed by atoms with E-state index in [0.29, 0.717) is 57.9 Å². The molecule has 1 N–H and O–H groups in total. The maximum absolute atomic E-state index is 13.4. The topological polar surface area (TPSA) is 91.7 Å². The van der Waals surface area contributed by atoms with Gasteiger partial charge in [0.2, 0.25) is 5.91 Å². The molecule has 0 saturated carbocycles. The summed E-state index contributed by atoms with van der Waals surface area (Å²) < 4.78 is 18.2. The molecular weight excluding hydrogens is 466 g/mol. The molecule has 1 aliphatic rings. The molecule has 1 aliphatic heterocycles. The van der Waals surface area contributed by atoms with Crippen LogP contribution < -0.4 is 25.1 Å². The van der Waals surface area contributed by atoms with Crippen LogP contribution in [0.25, 0.3) is 16.6 Å². The Morgan fingerprint density at radius 1 is 1.06 bits per heavy atom. The molecule has 0 bridgehead atoms. The van der Waals surface area contributed by atoms with Crippen molar-refractivity contribution < 1.29 is 19.0 Å². The molecule has 0 unspecified atom stereocenters. The fourth-order valence-electron chi connectivity index (χ4n) is 3.75. The van der Waals surface area contributed by atoms with Crippen molar-refractivity contribution in [3.63, 3.8) is 0 Å². The molecule has 0 radical (unpaired) electrons. The lowest BCUT2D eigenvalue weighted by molar-refractivity contribution is -0.113. The summed E-state index contributed by atoms with van der Waals surface area (Å²) in [5.74, 6) is 1.71. The second kappa shape index (κ2) is 10.1. The summed E-state index contributed by atoms with van der Waals surface area (Å²) >= 11 is 1.19. The maximum Gasteiger partial charge on any atom is 0.266 e. The van der Waals surface area contributed by atoms with Gasteiger partial charge in [-0.15, -0.1) is 0 Å². The van der Waals surface area contributed by atoms with Gasteiger partial charge in [-0.3, -0.25) is 14.2 Å². The highest BCUT2D eigenvalue weighted by atomic mass is 32.2. The third-order valence-electron chi connectivity index (χ3n) is 5.42. The minimum absolute atomic E-state index is 0.0587. The van der Waals surface area contributed by atoms with Crippen molar-refractivity contribution in [2.45, 2.75) is 11.6 Å². The van der Waals surface area contributed by atoms with Crippen molar-refractivity contribution in [2.24, 2.45) is 0 Å². The minimum Gasteiger partial charge on any atom is -0.497 e. The van der Waals surface area contributed by atoms with E-state index in [1.54, 1.807) is 61.7 Å². The van der Waals surface area contributed by atoms with Crippen LogP contribution >= 0.6 is 11.8 Å². The quantitative estimate of drug-likeness (QED) is 0.319. The number of hydrogen-bond donors (Lipinski definition) is 1. The molecule has 0 saturated heterocycles. The largest absolute Gasteiger partial charge is 0.497 e. The third-order valence-corrected chi connectivity index (χ3v) is 6.36. The van der Waals surface area contributed by atoms with Gasteiger partial charge in [0, 0.05) is 24.2 Å². The zero-order valence-corrected chi connectivity index (χ0v) is 19.8. The van der Waals surface area contributed by atoms with E-state index in [2.05, 4.69) is 10.3 Å². The number of benzene rings is 3. The van der Waals surface area contributed by atoms with E-state index in [-0.39, 0.29) is 17.2 Å². The number of ether oxygens (including phenoxy) is 3. The number of amides is 1. The minimum atomic E-state index is -0.232. The smallest absolute Gasteiger partial charge is 0.266 e. The monoisotopic (exact) mass is 489 g/mol. The summed E-state index contributed by atoms with van der Waals surface area (Å²) in [6.45, 7) is 1.17. The van der Waals surface area contributed by atoms with E-state index in [1.165, 1.54) is 16.3 Å². The Bertz CT molecular complexity index is 1450. The van der Waals surface area contributed by atoms with Gasteiger partial charge in [0.25, 0.3) is 5.56 Å². The number of rotatable bonds is 6. The summed E-state index contributed by atoms with van der Waals surface area (Å²) in [5, 5.41) is 3.79. The van der Waals surface area contributed by atoms with Gasteiger partial charge < -0.3 is 19.5 Å². The third kappa shape index (κ3) is 4.95. The van der Waals surface area contributed by atoms with Gasteiger partial charge in [-0.1, -0.05) is 30.0 Å². The molecule has 1 aromatic heterocycles. The Balaban J connectivity index is 1.41. The molecule has 9 heteroatoms. The summed E-state index contributed by atoms with van der Waals surface area (Å²) in [5.41, 5.74) is 1.58. The van der Waals surface area contributed by atoms with Crippen molar-refractivity contribution in [1.82, 2.24) is 9.55 Å². The zero-order chi connectivity index (χ0) is 24.2. The number of thioether (sulfide) groups is 1. The first-order chi connectivity index (χ1) is 17.1. The number of fused-ring (bicyclic) bond motifs is 2. The lowest BCUT2D eigenvalue weighted by Gasteiger charge is -2.14. The Hall–Kier alpha value is -3.98. The predicted molar refractivity (Wildman–Crippen MR) is 135 cm³/mol. The number of nitrogens with one attached hydrogen (secondary N) is 1. The van der Waals surface area contributed by atoms with Crippen molar-refractivity contribution in [1.29, 1.82) is 0 Å². The standard InChI is InChI=1S/C26H23N3O5S/c1-32-19-7-4-6-18(15-19)29-25(31)20-8-2-3-9-21(20)28-26(29)35-16-24(30)27-17-10-11-22-23(14-17)34-13-5-12-33-22/h2-4,6-11,14-15H,5,12-13,16H2,1H3,(H,27,30). The number of para-hydroxylation sites is 1.